The van der Waals surface area contributed by atoms with E-state index in [1.807, 2.05) is 0 Å². The Morgan fingerprint density at radius 3 is 2.80 bits per heavy atom. The van der Waals surface area contributed by atoms with Crippen molar-refractivity contribution < 1.29 is 13.5 Å². The summed E-state index contributed by atoms with van der Waals surface area (Å²) in [6, 6.07) is 6.02. The molecule has 0 saturated heterocycles. The molecule has 2 aromatic rings. The fourth-order valence-corrected chi connectivity index (χ4v) is 1.03. The van der Waals surface area contributed by atoms with Gasteiger partial charge in [-0.2, -0.15) is 0 Å². The molecule has 0 bridgehead atoms. The van der Waals surface area contributed by atoms with E-state index in [0.29, 0.717) is 0 Å². The van der Waals surface area contributed by atoms with E-state index in [4.69, 9.17) is 14.9 Å². The van der Waals surface area contributed by atoms with E-state index in [2.05, 4.69) is 10.2 Å². The number of rotatable bonds is 3. The molecular formula is C9H8FN3O2. The first-order chi connectivity index (χ1) is 7.25. The monoisotopic (exact) mass is 209 g/mol. The molecule has 2 rings (SSSR count). The van der Waals surface area contributed by atoms with Crippen molar-refractivity contribution in [3.63, 3.8) is 0 Å². The molecule has 0 aliphatic rings. The van der Waals surface area contributed by atoms with Gasteiger partial charge in [0.15, 0.2) is 18.2 Å². The van der Waals surface area contributed by atoms with Crippen molar-refractivity contribution in [3.8, 4) is 5.75 Å². The molecule has 0 saturated carbocycles. The SMILES string of the molecule is Nc1nnc(COc2ccccc2F)o1. The normalized spacial score (nSPS) is 10.2. The van der Waals surface area contributed by atoms with Crippen LogP contribution in [0.3, 0.4) is 0 Å². The molecule has 78 valence electrons. The average molecular weight is 209 g/mol. The Balaban J connectivity index is 2.02. The summed E-state index contributed by atoms with van der Waals surface area (Å²) in [7, 11) is 0. The smallest absolute Gasteiger partial charge is 0.312 e. The molecule has 0 unspecified atom stereocenters. The van der Waals surface area contributed by atoms with Crippen LogP contribution in [0.25, 0.3) is 0 Å². The van der Waals surface area contributed by atoms with Crippen LogP contribution < -0.4 is 10.5 Å². The standard InChI is InChI=1S/C9H8FN3O2/c10-6-3-1-2-4-7(6)14-5-8-12-13-9(11)15-8/h1-4H,5H2,(H2,11,13). The van der Waals surface area contributed by atoms with Gasteiger partial charge in [-0.05, 0) is 12.1 Å². The van der Waals surface area contributed by atoms with Crippen molar-refractivity contribution in [3.05, 3.63) is 36.0 Å². The van der Waals surface area contributed by atoms with E-state index in [1.54, 1.807) is 12.1 Å². The highest BCUT2D eigenvalue weighted by molar-refractivity contribution is 5.23. The van der Waals surface area contributed by atoms with Gasteiger partial charge in [-0.15, -0.1) is 5.10 Å². The quantitative estimate of drug-likeness (QED) is 0.826. The lowest BCUT2D eigenvalue weighted by Crippen LogP contribution is -1.97. The number of nitrogen functional groups attached to an aromatic ring is 1. The van der Waals surface area contributed by atoms with Gasteiger partial charge in [0, 0.05) is 0 Å². The molecule has 6 heteroatoms. The third-order valence-corrected chi connectivity index (χ3v) is 1.67. The molecule has 0 radical (unpaired) electrons. The molecule has 2 N–H and O–H groups in total. The van der Waals surface area contributed by atoms with Crippen molar-refractivity contribution in [2.75, 3.05) is 5.73 Å². The van der Waals surface area contributed by atoms with Crippen molar-refractivity contribution in [1.82, 2.24) is 10.2 Å². The first-order valence-corrected chi connectivity index (χ1v) is 4.21. The minimum Gasteiger partial charge on any atom is -0.481 e. The summed E-state index contributed by atoms with van der Waals surface area (Å²) in [5, 5.41) is 7.01. The van der Waals surface area contributed by atoms with Crippen LogP contribution in [0.2, 0.25) is 0 Å². The van der Waals surface area contributed by atoms with Gasteiger partial charge < -0.3 is 14.9 Å². The maximum absolute atomic E-state index is 13.1. The van der Waals surface area contributed by atoms with E-state index in [-0.39, 0.29) is 24.3 Å². The Kier molecular flexibility index (Phi) is 2.49. The Labute approximate surface area is 84.7 Å². The van der Waals surface area contributed by atoms with Gasteiger partial charge in [0.2, 0.25) is 0 Å². The molecule has 0 atom stereocenters. The highest BCUT2D eigenvalue weighted by Crippen LogP contribution is 2.16. The summed E-state index contributed by atoms with van der Waals surface area (Å²) in [5.41, 5.74) is 5.21. The van der Waals surface area contributed by atoms with E-state index < -0.39 is 5.82 Å². The summed E-state index contributed by atoms with van der Waals surface area (Å²) >= 11 is 0. The van der Waals surface area contributed by atoms with Gasteiger partial charge in [0.1, 0.15) is 0 Å². The van der Waals surface area contributed by atoms with Crippen LogP contribution >= 0.6 is 0 Å². The fourth-order valence-electron chi connectivity index (χ4n) is 1.03. The van der Waals surface area contributed by atoms with Crippen LogP contribution in [0.15, 0.2) is 28.7 Å². The van der Waals surface area contributed by atoms with Crippen LogP contribution in [0.1, 0.15) is 5.89 Å². The third kappa shape index (κ3) is 2.22. The second-order valence-corrected chi connectivity index (χ2v) is 2.75. The molecular weight excluding hydrogens is 201 g/mol. The van der Waals surface area contributed by atoms with Gasteiger partial charge in [-0.3, -0.25) is 0 Å². The number of hydrogen-bond acceptors (Lipinski definition) is 5. The van der Waals surface area contributed by atoms with Gasteiger partial charge in [0.25, 0.3) is 5.89 Å². The molecule has 1 aromatic carbocycles. The first-order valence-electron chi connectivity index (χ1n) is 4.21. The topological polar surface area (TPSA) is 74.2 Å². The molecule has 5 nitrogen and oxygen atoms in total. The summed E-state index contributed by atoms with van der Waals surface area (Å²) < 4.78 is 23.0. The van der Waals surface area contributed by atoms with Crippen molar-refractivity contribution in [1.29, 1.82) is 0 Å². The minimum absolute atomic E-state index is 0.00880. The zero-order chi connectivity index (χ0) is 10.7. The number of nitrogens with zero attached hydrogens (tertiary/aromatic N) is 2. The van der Waals surface area contributed by atoms with Crippen LogP contribution in [0, 0.1) is 5.82 Å². The number of aromatic nitrogens is 2. The van der Waals surface area contributed by atoms with Crippen LogP contribution in [-0.2, 0) is 6.61 Å². The number of benzene rings is 1. The van der Waals surface area contributed by atoms with Crippen molar-refractivity contribution in [2.24, 2.45) is 0 Å². The molecule has 1 aromatic heterocycles. The van der Waals surface area contributed by atoms with Gasteiger partial charge >= 0.3 is 6.01 Å². The Morgan fingerprint density at radius 2 is 2.13 bits per heavy atom. The number of halogens is 1. The maximum Gasteiger partial charge on any atom is 0.312 e. The first kappa shape index (κ1) is 9.45. The third-order valence-electron chi connectivity index (χ3n) is 1.67. The van der Waals surface area contributed by atoms with E-state index in [9.17, 15) is 4.39 Å². The summed E-state index contributed by atoms with van der Waals surface area (Å²) in [4.78, 5) is 0. The average Bonchev–Trinajstić information content (AvgIpc) is 2.63. The molecule has 1 heterocycles. The van der Waals surface area contributed by atoms with Crippen LogP contribution in [0.4, 0.5) is 10.4 Å². The van der Waals surface area contributed by atoms with Gasteiger partial charge in [-0.25, -0.2) is 4.39 Å². The second kappa shape index (κ2) is 3.95. The lowest BCUT2D eigenvalue weighted by Gasteiger charge is -2.03. The summed E-state index contributed by atoms with van der Waals surface area (Å²) in [6.45, 7) is -0.00880. The predicted molar refractivity (Wildman–Crippen MR) is 49.4 cm³/mol. The molecule has 0 fully saturated rings. The largest absolute Gasteiger partial charge is 0.481 e. The number of anilines is 1. The minimum atomic E-state index is -0.440. The molecule has 0 spiro atoms. The molecule has 0 amide bonds. The van der Waals surface area contributed by atoms with Crippen molar-refractivity contribution >= 4 is 6.01 Å². The number of ether oxygens (including phenoxy) is 1. The summed E-state index contributed by atoms with van der Waals surface area (Å²) in [6.07, 6.45) is 0. The van der Waals surface area contributed by atoms with E-state index >= 15 is 0 Å². The lowest BCUT2D eigenvalue weighted by atomic mass is 10.3. The Morgan fingerprint density at radius 1 is 1.33 bits per heavy atom. The highest BCUT2D eigenvalue weighted by atomic mass is 19.1. The maximum atomic E-state index is 13.1. The van der Waals surface area contributed by atoms with E-state index in [1.165, 1.54) is 12.1 Å². The van der Waals surface area contributed by atoms with Gasteiger partial charge in [-0.1, -0.05) is 17.2 Å². The van der Waals surface area contributed by atoms with Crippen LogP contribution in [0.5, 0.6) is 5.75 Å². The molecule has 15 heavy (non-hydrogen) atoms. The Hall–Kier alpha value is -2.11. The highest BCUT2D eigenvalue weighted by Gasteiger charge is 2.06. The van der Waals surface area contributed by atoms with E-state index in [0.717, 1.165) is 0 Å². The number of para-hydroxylation sites is 1. The predicted octanol–water partition coefficient (Wildman–Crippen LogP) is 1.37. The lowest BCUT2D eigenvalue weighted by molar-refractivity contribution is 0.253. The van der Waals surface area contributed by atoms with Crippen molar-refractivity contribution in [2.45, 2.75) is 6.61 Å². The summed E-state index contributed by atoms with van der Waals surface area (Å²) in [5.74, 6) is -0.102. The Bertz CT molecular complexity index is 458. The van der Waals surface area contributed by atoms with Crippen LogP contribution in [-0.4, -0.2) is 10.2 Å². The zero-order valence-corrected chi connectivity index (χ0v) is 7.68. The molecule has 0 aliphatic heterocycles. The number of nitrogens with two attached hydrogens (primary N) is 1. The second-order valence-electron chi connectivity index (χ2n) is 2.75. The number of hydrogen-bond donors (Lipinski definition) is 1. The van der Waals surface area contributed by atoms with Gasteiger partial charge in [0.05, 0.1) is 0 Å². The fraction of sp³-hybridized carbons (Fsp3) is 0.111. The zero-order valence-electron chi connectivity index (χ0n) is 7.68. The molecule has 0 aliphatic carbocycles.